The number of methoxy groups -OCH3 is 1. The van der Waals surface area contributed by atoms with E-state index in [2.05, 4.69) is 13.8 Å². The Balaban J connectivity index is 1.72. The molecule has 1 aliphatic heterocycles. The molecular weight excluding hydrogens is 468 g/mol. The van der Waals surface area contributed by atoms with Crippen molar-refractivity contribution < 1.29 is 28.7 Å². The summed E-state index contributed by atoms with van der Waals surface area (Å²) in [7, 11) is 1.51. The van der Waals surface area contributed by atoms with Gasteiger partial charge in [0.05, 0.1) is 32.8 Å². The molecule has 3 aromatic rings. The van der Waals surface area contributed by atoms with Crippen molar-refractivity contribution in [3.63, 3.8) is 0 Å². The maximum atomic E-state index is 13.7. The van der Waals surface area contributed by atoms with Crippen molar-refractivity contribution in [2.24, 2.45) is 0 Å². The normalized spacial score (nSPS) is 16.1. The fourth-order valence-corrected chi connectivity index (χ4v) is 4.87. The lowest BCUT2D eigenvalue weighted by atomic mass is 9.95. The quantitative estimate of drug-likeness (QED) is 0.436. The van der Waals surface area contributed by atoms with Gasteiger partial charge >= 0.3 is 0 Å². The van der Waals surface area contributed by atoms with Crippen LogP contribution in [0.15, 0.2) is 64.3 Å². The summed E-state index contributed by atoms with van der Waals surface area (Å²) in [4.78, 5) is 29.7. The average Bonchev–Trinajstić information content (AvgIpc) is 3.41. The number of Topliss-reactive ketones (excluding diaryl/α,β-unsaturated/α-hetero) is 1. The van der Waals surface area contributed by atoms with E-state index < -0.39 is 23.5 Å². The largest absolute Gasteiger partial charge is 0.868 e. The van der Waals surface area contributed by atoms with Crippen molar-refractivity contribution in [1.29, 1.82) is 0 Å². The van der Waals surface area contributed by atoms with E-state index in [1.807, 2.05) is 0 Å². The van der Waals surface area contributed by atoms with Crippen LogP contribution in [0, 0.1) is 0 Å². The molecule has 4 rings (SSSR count). The zero-order chi connectivity index (χ0) is 25.1. The zero-order valence-electron chi connectivity index (χ0n) is 20.1. The Hall–Kier alpha value is -3.29. The van der Waals surface area contributed by atoms with E-state index in [-0.39, 0.29) is 11.3 Å². The number of furan rings is 1. The van der Waals surface area contributed by atoms with Gasteiger partial charge in [0.1, 0.15) is 0 Å². The third-order valence-electron chi connectivity index (χ3n) is 6.57. The Kier molecular flexibility index (Phi) is 7.48. The molecule has 1 amide bonds. The molecule has 7 nitrogen and oxygen atoms in total. The molecule has 0 fully saturated rings. The number of halogens is 1. The molecule has 2 heterocycles. The highest BCUT2D eigenvalue weighted by atomic mass is 35.5. The monoisotopic (exact) mass is 496 g/mol. The first kappa shape index (κ1) is 24.8. The van der Waals surface area contributed by atoms with Crippen LogP contribution >= 0.6 is 11.6 Å². The van der Waals surface area contributed by atoms with Gasteiger partial charge in [0.25, 0.3) is 0 Å². The molecule has 1 aromatic heterocycles. The maximum Gasteiger partial charge on any atom is 0.239 e. The number of nitrogens with zero attached hydrogens (tertiary/aromatic N) is 1. The summed E-state index contributed by atoms with van der Waals surface area (Å²) in [6.45, 7) is 7.41. The fourth-order valence-electron chi connectivity index (χ4n) is 4.67. The number of amides is 1. The molecule has 0 spiro atoms. The molecule has 184 valence electrons. The predicted octanol–water partition coefficient (Wildman–Crippen LogP) is 2.79. The highest BCUT2D eigenvalue weighted by molar-refractivity contribution is 6.30. The molecule has 0 saturated carbocycles. The first-order valence-electron chi connectivity index (χ1n) is 11.8. The highest BCUT2D eigenvalue weighted by Gasteiger charge is 2.40. The molecule has 1 N–H and O–H groups in total. The minimum Gasteiger partial charge on any atom is -0.868 e. The van der Waals surface area contributed by atoms with Crippen LogP contribution in [0.1, 0.15) is 42.4 Å². The number of hydrogen-bond acceptors (Lipinski definition) is 5. The number of hydrogen-bond donors (Lipinski definition) is 1. The van der Waals surface area contributed by atoms with Crippen LogP contribution in [0.2, 0.25) is 5.02 Å². The average molecular weight is 497 g/mol. The third-order valence-corrected chi connectivity index (χ3v) is 6.81. The number of benzene rings is 2. The minimum atomic E-state index is -0.831. The van der Waals surface area contributed by atoms with E-state index in [4.69, 9.17) is 20.8 Å². The number of ketones is 1. The van der Waals surface area contributed by atoms with E-state index in [1.54, 1.807) is 48.5 Å². The number of quaternary nitrogens is 1. The van der Waals surface area contributed by atoms with Crippen LogP contribution < -0.4 is 14.7 Å². The van der Waals surface area contributed by atoms with Crippen molar-refractivity contribution in [1.82, 2.24) is 4.90 Å². The number of carbonyl (C=O) groups is 2. The van der Waals surface area contributed by atoms with Gasteiger partial charge < -0.3 is 24.1 Å². The molecule has 8 heteroatoms. The lowest BCUT2D eigenvalue weighted by molar-refractivity contribution is -0.896. The van der Waals surface area contributed by atoms with Crippen LogP contribution in [0.3, 0.4) is 0 Å². The molecule has 1 aliphatic rings. The number of fused-ring (bicyclic) bond motifs is 1. The Morgan fingerprint density at radius 2 is 1.91 bits per heavy atom. The lowest BCUT2D eigenvalue weighted by Crippen LogP contribution is -3.11. The van der Waals surface area contributed by atoms with Crippen LogP contribution in [-0.4, -0.2) is 49.9 Å². The van der Waals surface area contributed by atoms with Gasteiger partial charge in [-0.3, -0.25) is 9.59 Å². The highest BCUT2D eigenvalue weighted by Crippen LogP contribution is 2.40. The molecule has 0 bridgehead atoms. The third kappa shape index (κ3) is 4.79. The summed E-state index contributed by atoms with van der Waals surface area (Å²) in [5.74, 6) is -1.62. The number of rotatable bonds is 10. The van der Waals surface area contributed by atoms with Gasteiger partial charge in [-0.1, -0.05) is 35.9 Å². The minimum absolute atomic E-state index is 0.0119. The lowest BCUT2D eigenvalue weighted by Gasteiger charge is -2.28. The number of para-hydroxylation sites is 1. The molecule has 1 atom stereocenters. The molecule has 0 saturated heterocycles. The first-order valence-corrected chi connectivity index (χ1v) is 12.2. The second-order valence-corrected chi connectivity index (χ2v) is 9.01. The van der Waals surface area contributed by atoms with Crippen molar-refractivity contribution in [2.75, 3.05) is 33.3 Å². The molecule has 0 radical (unpaired) electrons. The van der Waals surface area contributed by atoms with Gasteiger partial charge in [-0.05, 0) is 49.4 Å². The van der Waals surface area contributed by atoms with E-state index in [0.29, 0.717) is 40.3 Å². The Morgan fingerprint density at radius 1 is 1.17 bits per heavy atom. The van der Waals surface area contributed by atoms with Gasteiger partial charge in [-0.2, -0.15) is 0 Å². The van der Waals surface area contributed by atoms with Crippen LogP contribution in [0.4, 0.5) is 0 Å². The SMILES string of the molecule is CC[NH+](CC)CCCN1C(=O)C([O-])=C(C(=O)c2cc3cccc(OC)c3o2)C1c1cccc(Cl)c1. The van der Waals surface area contributed by atoms with Crippen LogP contribution in [-0.2, 0) is 4.79 Å². The summed E-state index contributed by atoms with van der Waals surface area (Å²) >= 11 is 6.24. The summed E-state index contributed by atoms with van der Waals surface area (Å²) < 4.78 is 11.2. The summed E-state index contributed by atoms with van der Waals surface area (Å²) in [6.07, 6.45) is 0.705. The van der Waals surface area contributed by atoms with E-state index in [0.717, 1.165) is 19.6 Å². The Labute approximate surface area is 209 Å². The molecular formula is C27H29ClN2O5. The summed E-state index contributed by atoms with van der Waals surface area (Å²) in [5.41, 5.74) is 0.906. The smallest absolute Gasteiger partial charge is 0.239 e. The maximum absolute atomic E-state index is 13.7. The van der Waals surface area contributed by atoms with Crippen molar-refractivity contribution in [3.8, 4) is 5.75 Å². The molecule has 2 aromatic carbocycles. The standard InChI is InChI=1S/C27H29ClN2O5/c1-4-29(5-2)13-8-14-30-23(17-9-6-11-19(28)15-17)22(25(32)27(30)33)24(31)21-16-18-10-7-12-20(34-3)26(18)35-21/h6-7,9-12,15-16,23,32H,4-5,8,13-14H2,1-3H3. The van der Waals surface area contributed by atoms with Gasteiger partial charge in [0.2, 0.25) is 11.7 Å². The zero-order valence-corrected chi connectivity index (χ0v) is 20.9. The first-order chi connectivity index (χ1) is 16.9. The van der Waals surface area contributed by atoms with Crippen molar-refractivity contribution in [3.05, 3.63) is 76.2 Å². The predicted molar refractivity (Wildman–Crippen MR) is 132 cm³/mol. The van der Waals surface area contributed by atoms with Crippen LogP contribution in [0.25, 0.3) is 11.0 Å². The second kappa shape index (κ2) is 10.5. The second-order valence-electron chi connectivity index (χ2n) is 8.58. The fraction of sp³-hybridized carbons (Fsp3) is 0.333. The topological polar surface area (TPSA) is 87.2 Å². The van der Waals surface area contributed by atoms with Crippen molar-refractivity contribution in [2.45, 2.75) is 26.3 Å². The van der Waals surface area contributed by atoms with E-state index in [9.17, 15) is 14.7 Å². The Morgan fingerprint density at radius 3 is 2.60 bits per heavy atom. The van der Waals surface area contributed by atoms with E-state index >= 15 is 0 Å². The Bertz CT molecular complexity index is 1280. The molecule has 35 heavy (non-hydrogen) atoms. The van der Waals surface area contributed by atoms with Gasteiger partial charge in [-0.15, -0.1) is 0 Å². The summed E-state index contributed by atoms with van der Waals surface area (Å²) in [5, 5.41) is 14.3. The summed E-state index contributed by atoms with van der Waals surface area (Å²) in [6, 6.07) is 13.0. The number of ether oxygens (including phenoxy) is 1. The van der Waals surface area contributed by atoms with Gasteiger partial charge in [-0.25, -0.2) is 0 Å². The van der Waals surface area contributed by atoms with E-state index in [1.165, 1.54) is 16.9 Å². The van der Waals surface area contributed by atoms with Gasteiger partial charge in [0, 0.05) is 28.9 Å². The van der Waals surface area contributed by atoms with Gasteiger partial charge in [0.15, 0.2) is 17.1 Å². The number of nitrogens with one attached hydrogen (secondary N) is 1. The van der Waals surface area contributed by atoms with Crippen molar-refractivity contribution >= 4 is 34.3 Å². The molecule has 1 unspecified atom stereocenters. The molecule has 0 aliphatic carbocycles. The number of carbonyl (C=O) groups excluding carboxylic acids is 2. The van der Waals surface area contributed by atoms with Crippen LogP contribution in [0.5, 0.6) is 5.75 Å².